The van der Waals surface area contributed by atoms with Crippen LogP contribution < -0.4 is 10.1 Å². The molecule has 0 saturated carbocycles. The molecule has 0 radical (unpaired) electrons. The molecule has 0 aliphatic carbocycles. The van der Waals surface area contributed by atoms with E-state index in [0.29, 0.717) is 31.9 Å². The minimum Gasteiger partial charge on any atom is -0.496 e. The Labute approximate surface area is 221 Å². The van der Waals surface area contributed by atoms with Crippen LogP contribution in [-0.2, 0) is 25.9 Å². The zero-order valence-corrected chi connectivity index (χ0v) is 21.4. The number of hydrogen-bond acceptors (Lipinski definition) is 6. The second-order valence-electron chi connectivity index (χ2n) is 9.09. The van der Waals surface area contributed by atoms with Crippen LogP contribution in [0.1, 0.15) is 33.2 Å². The van der Waals surface area contributed by atoms with Crippen molar-refractivity contribution in [3.8, 4) is 5.75 Å². The Morgan fingerprint density at radius 2 is 1.84 bits per heavy atom. The zero-order chi connectivity index (χ0) is 26.2. The van der Waals surface area contributed by atoms with E-state index >= 15 is 0 Å². The molecule has 2 N–H and O–H groups in total. The molecule has 0 aliphatic heterocycles. The molecule has 3 aromatic heterocycles. The highest BCUT2D eigenvalue weighted by Crippen LogP contribution is 2.22. The number of ether oxygens (including phenoxy) is 1. The Bertz CT molecular complexity index is 1480. The maximum atomic E-state index is 12.6. The zero-order valence-electron chi connectivity index (χ0n) is 21.4. The van der Waals surface area contributed by atoms with E-state index in [0.717, 1.165) is 35.5 Å². The van der Waals surface area contributed by atoms with Gasteiger partial charge in [-0.25, -0.2) is 4.98 Å². The number of carbonyl (C=O) groups excluding carboxylic acids is 1. The molecule has 0 unspecified atom stereocenters. The van der Waals surface area contributed by atoms with E-state index in [-0.39, 0.29) is 11.6 Å². The van der Waals surface area contributed by atoms with E-state index < -0.39 is 0 Å². The van der Waals surface area contributed by atoms with Gasteiger partial charge in [0, 0.05) is 60.6 Å². The van der Waals surface area contributed by atoms with Crippen LogP contribution in [0, 0.1) is 0 Å². The van der Waals surface area contributed by atoms with Crippen LogP contribution in [-0.4, -0.2) is 46.0 Å². The van der Waals surface area contributed by atoms with Gasteiger partial charge in [-0.1, -0.05) is 42.5 Å². The molecule has 0 spiro atoms. The van der Waals surface area contributed by atoms with Crippen LogP contribution >= 0.6 is 0 Å². The monoisotopic (exact) mass is 509 g/mol. The fourth-order valence-electron chi connectivity index (χ4n) is 4.53. The first-order valence-corrected chi connectivity index (χ1v) is 12.7. The van der Waals surface area contributed by atoms with Crippen molar-refractivity contribution < 1.29 is 13.9 Å². The average molecular weight is 510 g/mol. The van der Waals surface area contributed by atoms with E-state index in [1.54, 1.807) is 13.3 Å². The number of carbonyl (C=O) groups is 1. The maximum Gasteiger partial charge on any atom is 0.273 e. The number of nitrogens with zero attached hydrogens (tertiary/aromatic N) is 3. The van der Waals surface area contributed by atoms with E-state index in [4.69, 9.17) is 9.15 Å². The van der Waals surface area contributed by atoms with Gasteiger partial charge in [-0.2, -0.15) is 0 Å². The predicted molar refractivity (Wildman–Crippen MR) is 146 cm³/mol. The summed E-state index contributed by atoms with van der Waals surface area (Å²) in [6.45, 7) is 2.36. The number of hydrogen-bond donors (Lipinski definition) is 2. The van der Waals surface area contributed by atoms with Crippen LogP contribution in [0.4, 0.5) is 0 Å². The second kappa shape index (κ2) is 12.2. The van der Waals surface area contributed by atoms with Crippen LogP contribution in [0.25, 0.3) is 10.9 Å². The van der Waals surface area contributed by atoms with Gasteiger partial charge in [0.25, 0.3) is 5.91 Å². The number of amides is 1. The lowest BCUT2D eigenvalue weighted by Crippen LogP contribution is -2.27. The van der Waals surface area contributed by atoms with Crippen molar-refractivity contribution in [1.29, 1.82) is 0 Å². The fourth-order valence-corrected chi connectivity index (χ4v) is 4.53. The van der Waals surface area contributed by atoms with Gasteiger partial charge >= 0.3 is 0 Å². The molecule has 194 valence electrons. The highest BCUT2D eigenvalue weighted by Gasteiger charge is 2.17. The first-order chi connectivity index (χ1) is 18.7. The molecule has 8 nitrogen and oxygen atoms in total. The predicted octanol–water partition coefficient (Wildman–Crippen LogP) is 4.78. The largest absolute Gasteiger partial charge is 0.496 e. The third-order valence-electron chi connectivity index (χ3n) is 6.49. The van der Waals surface area contributed by atoms with Gasteiger partial charge in [0.2, 0.25) is 5.89 Å². The van der Waals surface area contributed by atoms with Gasteiger partial charge in [0.05, 0.1) is 13.7 Å². The number of oxazole rings is 1. The number of aromatic amines is 1. The van der Waals surface area contributed by atoms with E-state index in [1.807, 2.05) is 42.5 Å². The molecule has 1 amide bonds. The molecule has 0 fully saturated rings. The van der Waals surface area contributed by atoms with Crippen molar-refractivity contribution >= 4 is 16.8 Å². The Balaban J connectivity index is 1.25. The van der Waals surface area contributed by atoms with Gasteiger partial charge in [0.1, 0.15) is 12.0 Å². The van der Waals surface area contributed by atoms with Crippen molar-refractivity contribution in [2.45, 2.75) is 25.9 Å². The van der Waals surface area contributed by atoms with E-state index in [1.165, 1.54) is 17.2 Å². The summed E-state index contributed by atoms with van der Waals surface area (Å²) in [5, 5.41) is 4.12. The Morgan fingerprint density at radius 1 is 1.00 bits per heavy atom. The normalized spacial score (nSPS) is 11.2. The molecule has 0 aliphatic rings. The van der Waals surface area contributed by atoms with Gasteiger partial charge in [-0.15, -0.1) is 0 Å². The third-order valence-corrected chi connectivity index (χ3v) is 6.49. The van der Waals surface area contributed by atoms with Crippen LogP contribution in [0.15, 0.2) is 89.8 Å². The molecule has 8 heteroatoms. The molecule has 5 rings (SSSR count). The number of methoxy groups -OCH3 is 1. The van der Waals surface area contributed by atoms with Gasteiger partial charge in [-0.3, -0.25) is 14.7 Å². The van der Waals surface area contributed by atoms with Crippen molar-refractivity contribution in [3.05, 3.63) is 114 Å². The smallest absolute Gasteiger partial charge is 0.273 e. The minimum absolute atomic E-state index is 0.258. The molecule has 2 aromatic carbocycles. The number of aromatic nitrogens is 3. The van der Waals surface area contributed by atoms with E-state index in [9.17, 15) is 4.79 Å². The summed E-state index contributed by atoms with van der Waals surface area (Å²) in [6, 6.07) is 22.1. The number of rotatable bonds is 12. The molecule has 5 aromatic rings. The van der Waals surface area contributed by atoms with Crippen LogP contribution in [0.3, 0.4) is 0 Å². The lowest BCUT2D eigenvalue weighted by atomic mass is 10.1. The molecule has 38 heavy (non-hydrogen) atoms. The lowest BCUT2D eigenvalue weighted by molar-refractivity contribution is 0.0949. The van der Waals surface area contributed by atoms with Crippen molar-refractivity contribution in [3.63, 3.8) is 0 Å². The van der Waals surface area contributed by atoms with Gasteiger partial charge in [0.15, 0.2) is 5.69 Å². The number of pyridine rings is 1. The third kappa shape index (κ3) is 6.27. The van der Waals surface area contributed by atoms with Crippen molar-refractivity contribution in [1.82, 2.24) is 25.2 Å². The Kier molecular flexibility index (Phi) is 8.10. The standard InChI is InChI=1S/C30H31N5O3/c1-37-28-12-5-2-8-23(28)19-35(17-14-22-18-33-26-11-4-3-10-25(22)26)20-29-34-27(21-38-29)30(36)32-16-13-24-9-6-7-15-31-24/h2-12,15,18,21,33H,13-14,16-17,19-20H2,1H3,(H,32,36). The lowest BCUT2D eigenvalue weighted by Gasteiger charge is -2.22. The number of benzene rings is 2. The van der Waals surface area contributed by atoms with Crippen LogP contribution in [0.5, 0.6) is 5.75 Å². The summed E-state index contributed by atoms with van der Waals surface area (Å²) in [7, 11) is 1.68. The average Bonchev–Trinajstić information content (AvgIpc) is 3.60. The summed E-state index contributed by atoms with van der Waals surface area (Å²) in [5.74, 6) is 1.07. The Morgan fingerprint density at radius 3 is 2.71 bits per heavy atom. The van der Waals surface area contributed by atoms with E-state index in [2.05, 4.69) is 55.6 Å². The second-order valence-corrected chi connectivity index (χ2v) is 9.09. The highest BCUT2D eigenvalue weighted by atomic mass is 16.5. The number of nitrogens with one attached hydrogen (secondary N) is 2. The summed E-state index contributed by atoms with van der Waals surface area (Å²) >= 11 is 0. The summed E-state index contributed by atoms with van der Waals surface area (Å²) in [5.41, 5.74) is 4.66. The van der Waals surface area contributed by atoms with Gasteiger partial charge < -0.3 is 19.5 Å². The highest BCUT2D eigenvalue weighted by molar-refractivity contribution is 5.91. The summed E-state index contributed by atoms with van der Waals surface area (Å²) in [4.78, 5) is 27.0. The Hall–Kier alpha value is -4.43. The van der Waals surface area contributed by atoms with Gasteiger partial charge in [-0.05, 0) is 36.2 Å². The number of para-hydroxylation sites is 2. The maximum absolute atomic E-state index is 12.6. The van der Waals surface area contributed by atoms with Crippen LogP contribution in [0.2, 0.25) is 0 Å². The first kappa shape index (κ1) is 25.2. The molecular weight excluding hydrogens is 478 g/mol. The number of H-pyrrole nitrogens is 1. The minimum atomic E-state index is -0.258. The fraction of sp³-hybridized carbons (Fsp3) is 0.233. The molecule has 3 heterocycles. The molecular formula is C30H31N5O3. The summed E-state index contributed by atoms with van der Waals surface area (Å²) in [6.07, 6.45) is 6.74. The quantitative estimate of drug-likeness (QED) is 0.251. The molecule has 0 atom stereocenters. The van der Waals surface area contributed by atoms with Crippen molar-refractivity contribution in [2.24, 2.45) is 0 Å². The first-order valence-electron chi connectivity index (χ1n) is 12.7. The molecule has 0 saturated heterocycles. The van der Waals surface area contributed by atoms with Crippen molar-refractivity contribution in [2.75, 3.05) is 20.2 Å². The SMILES string of the molecule is COc1ccccc1CN(CCc1c[nH]c2ccccc12)Cc1nc(C(=O)NCCc2ccccn2)co1. The topological polar surface area (TPSA) is 96.3 Å². The summed E-state index contributed by atoms with van der Waals surface area (Å²) < 4.78 is 11.3. The number of fused-ring (bicyclic) bond motifs is 1. The molecule has 0 bridgehead atoms.